The van der Waals surface area contributed by atoms with Crippen molar-refractivity contribution in [3.63, 3.8) is 0 Å². The average Bonchev–Trinajstić information content (AvgIpc) is 3.03. The molecule has 0 aromatic heterocycles. The van der Waals surface area contributed by atoms with Crippen molar-refractivity contribution in [1.82, 2.24) is 5.32 Å². The molecule has 2 heterocycles. The number of nitrogens with zero attached hydrogens (tertiary/aromatic N) is 1. The molecule has 2 aliphatic rings. The second kappa shape index (κ2) is 6.27. The van der Waals surface area contributed by atoms with Crippen molar-refractivity contribution in [2.45, 2.75) is 25.7 Å². The highest BCUT2D eigenvalue weighted by molar-refractivity contribution is 5.95. The molecule has 20 heavy (non-hydrogen) atoms. The topological polar surface area (TPSA) is 44.4 Å². The van der Waals surface area contributed by atoms with Crippen molar-refractivity contribution in [3.8, 4) is 0 Å². The van der Waals surface area contributed by atoms with Crippen LogP contribution >= 0.6 is 0 Å². The van der Waals surface area contributed by atoms with E-state index < -0.39 is 0 Å². The molecule has 0 bridgehead atoms. The first-order chi connectivity index (χ1) is 9.84. The smallest absolute Gasteiger partial charge is 0.227 e. The molecule has 4 heteroatoms. The fraction of sp³-hybridized carbons (Fsp3) is 0.562. The molecule has 0 spiro atoms. The number of nitrogens with one attached hydrogen (secondary N) is 2. The molecule has 4 nitrogen and oxygen atoms in total. The lowest BCUT2D eigenvalue weighted by atomic mass is 9.97. The van der Waals surface area contributed by atoms with E-state index in [-0.39, 0.29) is 11.8 Å². The Kier molecular flexibility index (Phi) is 4.21. The lowest BCUT2D eigenvalue weighted by Gasteiger charge is -2.25. The number of para-hydroxylation sites is 2. The van der Waals surface area contributed by atoms with Gasteiger partial charge in [0.2, 0.25) is 5.91 Å². The molecule has 1 aromatic rings. The average molecular weight is 273 g/mol. The predicted molar refractivity (Wildman–Crippen MR) is 82.1 cm³/mol. The van der Waals surface area contributed by atoms with Gasteiger partial charge in [0.05, 0.1) is 11.4 Å². The molecule has 1 amide bonds. The number of rotatable bonds is 3. The molecule has 1 aromatic carbocycles. The molecule has 0 saturated carbocycles. The lowest BCUT2D eigenvalue weighted by molar-refractivity contribution is -0.120. The molecule has 0 atom stereocenters. The van der Waals surface area contributed by atoms with Crippen LogP contribution in [0.15, 0.2) is 24.3 Å². The van der Waals surface area contributed by atoms with E-state index in [0.29, 0.717) is 0 Å². The Labute approximate surface area is 120 Å². The van der Waals surface area contributed by atoms with Gasteiger partial charge in [-0.1, -0.05) is 12.1 Å². The van der Waals surface area contributed by atoms with Crippen molar-refractivity contribution in [1.29, 1.82) is 0 Å². The summed E-state index contributed by atoms with van der Waals surface area (Å²) in [5, 5.41) is 6.45. The number of carbonyl (C=O) groups is 1. The fourth-order valence-corrected chi connectivity index (χ4v) is 3.13. The standard InChI is InChI=1S/C16H23N3O/c20-16(13-7-9-17-10-8-13)18-14-5-1-2-6-15(14)19-11-3-4-12-19/h1-2,5-6,13,17H,3-4,7-12H2,(H,18,20). The summed E-state index contributed by atoms with van der Waals surface area (Å²) in [6.07, 6.45) is 4.38. The van der Waals surface area contributed by atoms with Crippen molar-refractivity contribution < 1.29 is 4.79 Å². The van der Waals surface area contributed by atoms with Crippen LogP contribution in [-0.4, -0.2) is 32.1 Å². The fourth-order valence-electron chi connectivity index (χ4n) is 3.13. The van der Waals surface area contributed by atoms with Gasteiger partial charge in [-0.15, -0.1) is 0 Å². The minimum absolute atomic E-state index is 0.155. The van der Waals surface area contributed by atoms with Crippen LogP contribution in [0.4, 0.5) is 11.4 Å². The Bertz CT molecular complexity index is 463. The first-order valence-electron chi connectivity index (χ1n) is 7.70. The van der Waals surface area contributed by atoms with E-state index in [1.807, 2.05) is 18.2 Å². The lowest BCUT2D eigenvalue weighted by Crippen LogP contribution is -2.35. The molecule has 2 N–H and O–H groups in total. The normalized spacial score (nSPS) is 20.1. The number of amides is 1. The highest BCUT2D eigenvalue weighted by atomic mass is 16.1. The van der Waals surface area contributed by atoms with Gasteiger partial charge in [0.15, 0.2) is 0 Å². The summed E-state index contributed by atoms with van der Waals surface area (Å²) in [5.41, 5.74) is 2.14. The van der Waals surface area contributed by atoms with Crippen LogP contribution in [0.2, 0.25) is 0 Å². The van der Waals surface area contributed by atoms with Gasteiger partial charge in [-0.3, -0.25) is 4.79 Å². The van der Waals surface area contributed by atoms with E-state index >= 15 is 0 Å². The number of anilines is 2. The van der Waals surface area contributed by atoms with Crippen LogP contribution < -0.4 is 15.5 Å². The van der Waals surface area contributed by atoms with E-state index in [4.69, 9.17) is 0 Å². The molecule has 0 aliphatic carbocycles. The van der Waals surface area contributed by atoms with E-state index in [1.54, 1.807) is 0 Å². The SMILES string of the molecule is O=C(Nc1ccccc1N1CCCC1)C1CCNCC1. The maximum absolute atomic E-state index is 12.4. The highest BCUT2D eigenvalue weighted by Crippen LogP contribution is 2.29. The maximum Gasteiger partial charge on any atom is 0.227 e. The highest BCUT2D eigenvalue weighted by Gasteiger charge is 2.22. The zero-order valence-corrected chi connectivity index (χ0v) is 11.9. The van der Waals surface area contributed by atoms with E-state index in [0.717, 1.165) is 44.7 Å². The van der Waals surface area contributed by atoms with E-state index in [2.05, 4.69) is 21.6 Å². The Morgan fingerprint density at radius 3 is 2.60 bits per heavy atom. The Hall–Kier alpha value is -1.55. The summed E-state index contributed by atoms with van der Waals surface area (Å²) in [6.45, 7) is 4.10. The minimum Gasteiger partial charge on any atom is -0.370 e. The molecular formula is C16H23N3O. The monoisotopic (exact) mass is 273 g/mol. The van der Waals surface area contributed by atoms with Gasteiger partial charge in [-0.2, -0.15) is 0 Å². The van der Waals surface area contributed by atoms with Crippen LogP contribution in [0, 0.1) is 5.92 Å². The third-order valence-corrected chi connectivity index (χ3v) is 4.32. The predicted octanol–water partition coefficient (Wildman–Crippen LogP) is 2.22. The van der Waals surface area contributed by atoms with Gasteiger partial charge in [-0.05, 0) is 50.9 Å². The summed E-state index contributed by atoms with van der Waals surface area (Å²) in [4.78, 5) is 14.8. The second-order valence-corrected chi connectivity index (χ2v) is 5.72. The maximum atomic E-state index is 12.4. The second-order valence-electron chi connectivity index (χ2n) is 5.72. The van der Waals surface area contributed by atoms with Crippen molar-refractivity contribution in [2.75, 3.05) is 36.4 Å². The van der Waals surface area contributed by atoms with Crippen molar-refractivity contribution >= 4 is 17.3 Å². The van der Waals surface area contributed by atoms with Gasteiger partial charge in [0, 0.05) is 19.0 Å². The largest absolute Gasteiger partial charge is 0.370 e. The molecule has 0 radical (unpaired) electrons. The third-order valence-electron chi connectivity index (χ3n) is 4.32. The molecular weight excluding hydrogens is 250 g/mol. The summed E-state index contributed by atoms with van der Waals surface area (Å²) in [6, 6.07) is 8.18. The number of benzene rings is 1. The van der Waals surface area contributed by atoms with Gasteiger partial charge < -0.3 is 15.5 Å². The van der Waals surface area contributed by atoms with Crippen LogP contribution in [0.25, 0.3) is 0 Å². The molecule has 2 fully saturated rings. The molecule has 0 unspecified atom stereocenters. The quantitative estimate of drug-likeness (QED) is 0.887. The van der Waals surface area contributed by atoms with Gasteiger partial charge >= 0.3 is 0 Å². The van der Waals surface area contributed by atoms with Crippen LogP contribution in [0.3, 0.4) is 0 Å². The zero-order chi connectivity index (χ0) is 13.8. The zero-order valence-electron chi connectivity index (χ0n) is 11.9. The molecule has 2 aliphatic heterocycles. The van der Waals surface area contributed by atoms with Crippen LogP contribution in [0.1, 0.15) is 25.7 Å². The van der Waals surface area contributed by atoms with Gasteiger partial charge in [-0.25, -0.2) is 0 Å². The van der Waals surface area contributed by atoms with Crippen LogP contribution in [-0.2, 0) is 4.79 Å². The Morgan fingerprint density at radius 1 is 1.15 bits per heavy atom. The number of piperidine rings is 1. The first-order valence-corrected chi connectivity index (χ1v) is 7.70. The van der Waals surface area contributed by atoms with Crippen molar-refractivity contribution in [2.24, 2.45) is 5.92 Å². The van der Waals surface area contributed by atoms with Gasteiger partial charge in [0.25, 0.3) is 0 Å². The first kappa shape index (κ1) is 13.4. The summed E-state index contributed by atoms with van der Waals surface area (Å²) < 4.78 is 0. The number of hydrogen-bond donors (Lipinski definition) is 2. The third kappa shape index (κ3) is 2.96. The van der Waals surface area contributed by atoms with E-state index in [9.17, 15) is 4.79 Å². The Balaban J connectivity index is 1.71. The molecule has 3 rings (SSSR count). The van der Waals surface area contributed by atoms with Gasteiger partial charge in [0.1, 0.15) is 0 Å². The van der Waals surface area contributed by atoms with Crippen molar-refractivity contribution in [3.05, 3.63) is 24.3 Å². The molecule has 108 valence electrons. The molecule has 2 saturated heterocycles. The summed E-state index contributed by atoms with van der Waals surface area (Å²) >= 11 is 0. The number of carbonyl (C=O) groups excluding carboxylic acids is 1. The summed E-state index contributed by atoms with van der Waals surface area (Å²) in [7, 11) is 0. The minimum atomic E-state index is 0.155. The Morgan fingerprint density at radius 2 is 1.85 bits per heavy atom. The van der Waals surface area contributed by atoms with Crippen LogP contribution in [0.5, 0.6) is 0 Å². The van der Waals surface area contributed by atoms with E-state index in [1.165, 1.54) is 18.5 Å². The summed E-state index contributed by atoms with van der Waals surface area (Å²) in [5.74, 6) is 0.334. The number of hydrogen-bond acceptors (Lipinski definition) is 3.